The van der Waals surface area contributed by atoms with Crippen molar-refractivity contribution in [2.24, 2.45) is 0 Å². The number of hydrogen-bond acceptors (Lipinski definition) is 7. The number of anilines is 1. The lowest BCUT2D eigenvalue weighted by molar-refractivity contribution is -0.00542. The normalized spacial score (nSPS) is 17.6. The van der Waals surface area contributed by atoms with Gasteiger partial charge >= 0.3 is 0 Å². The summed E-state index contributed by atoms with van der Waals surface area (Å²) in [5.41, 5.74) is 4.41. The lowest BCUT2D eigenvalue weighted by atomic mass is 10.1. The van der Waals surface area contributed by atoms with Crippen LogP contribution in [0, 0.1) is 0 Å². The second-order valence-electron chi connectivity index (χ2n) is 9.16. The number of aliphatic hydroxyl groups excluding tert-OH is 1. The molecule has 4 aromatic rings. The van der Waals surface area contributed by atoms with Crippen molar-refractivity contribution in [3.05, 3.63) is 72.8 Å². The minimum absolute atomic E-state index is 0.000980. The van der Waals surface area contributed by atoms with Crippen LogP contribution in [-0.2, 0) is 17.9 Å². The summed E-state index contributed by atoms with van der Waals surface area (Å²) in [6, 6.07) is 15.9. The molecule has 2 aromatic heterocycles. The van der Waals surface area contributed by atoms with Gasteiger partial charge < -0.3 is 24.6 Å². The van der Waals surface area contributed by atoms with E-state index in [1.54, 1.807) is 6.20 Å². The number of nitrogens with zero attached hydrogens (tertiary/aromatic N) is 5. The molecule has 0 aliphatic carbocycles. The second kappa shape index (κ2) is 12.6. The number of benzene rings is 2. The van der Waals surface area contributed by atoms with Crippen molar-refractivity contribution in [2.45, 2.75) is 45.6 Å². The van der Waals surface area contributed by atoms with Crippen LogP contribution in [0.5, 0.6) is 0 Å². The molecule has 2 atom stereocenters. The van der Waals surface area contributed by atoms with E-state index in [1.165, 1.54) is 0 Å². The van der Waals surface area contributed by atoms with Gasteiger partial charge in [0.05, 0.1) is 36.2 Å². The van der Waals surface area contributed by atoms with Crippen molar-refractivity contribution in [3.63, 3.8) is 0 Å². The maximum atomic E-state index is 9.44. The van der Waals surface area contributed by atoms with Crippen LogP contribution in [0.15, 0.2) is 67.3 Å². The summed E-state index contributed by atoms with van der Waals surface area (Å²) in [7, 11) is 1.97. The average Bonchev–Trinajstić information content (AvgIpc) is 3.42. The van der Waals surface area contributed by atoms with Crippen LogP contribution in [-0.4, -0.2) is 63.5 Å². The summed E-state index contributed by atoms with van der Waals surface area (Å²) < 4.78 is 7.97. The minimum Gasteiger partial charge on any atom is -0.392 e. The number of nitrogens with one attached hydrogen (secondary N) is 1. The third kappa shape index (κ3) is 6.66. The molecule has 8 nitrogen and oxygen atoms in total. The van der Waals surface area contributed by atoms with E-state index in [0.717, 1.165) is 66.3 Å². The van der Waals surface area contributed by atoms with E-state index in [2.05, 4.69) is 45.7 Å². The number of ether oxygens (including phenoxy) is 1. The molecule has 2 N–H and O–H groups in total. The molecule has 3 heterocycles. The quantitative estimate of drug-likeness (QED) is 0.382. The third-order valence-electron chi connectivity index (χ3n) is 6.06. The fraction of sp³-hybridized carbons (Fsp3) is 0.393. The Morgan fingerprint density at radius 3 is 2.47 bits per heavy atom. The molecular formula is C28H36N6O2. The molecule has 1 saturated heterocycles. The molecule has 1 fully saturated rings. The number of fused-ring (bicyclic) bond motifs is 1. The van der Waals surface area contributed by atoms with E-state index < -0.39 is 0 Å². The summed E-state index contributed by atoms with van der Waals surface area (Å²) in [6.45, 7) is 7.86. The van der Waals surface area contributed by atoms with Gasteiger partial charge in [-0.1, -0.05) is 36.4 Å². The van der Waals surface area contributed by atoms with Crippen molar-refractivity contribution in [1.82, 2.24) is 24.8 Å². The Morgan fingerprint density at radius 2 is 1.81 bits per heavy atom. The molecule has 0 amide bonds. The van der Waals surface area contributed by atoms with Gasteiger partial charge in [-0.05, 0) is 51.6 Å². The van der Waals surface area contributed by atoms with Crippen LogP contribution in [0.1, 0.15) is 25.8 Å². The van der Waals surface area contributed by atoms with Gasteiger partial charge in [-0.25, -0.2) is 15.0 Å². The number of aromatic nitrogens is 4. The molecule has 1 aliphatic rings. The first kappa shape index (κ1) is 25.8. The smallest absolute Gasteiger partial charge is 0.156 e. The number of aryl methyl sites for hydroxylation is 1. The maximum Gasteiger partial charge on any atom is 0.156 e. The highest BCUT2D eigenvalue weighted by Crippen LogP contribution is 2.31. The van der Waals surface area contributed by atoms with E-state index in [9.17, 15) is 5.11 Å². The van der Waals surface area contributed by atoms with Gasteiger partial charge in [-0.3, -0.25) is 0 Å². The van der Waals surface area contributed by atoms with Gasteiger partial charge in [0, 0.05) is 37.6 Å². The molecule has 2 unspecified atom stereocenters. The Balaban J connectivity index is 0.000000256. The predicted molar refractivity (Wildman–Crippen MR) is 144 cm³/mol. The summed E-state index contributed by atoms with van der Waals surface area (Å²) in [5.74, 6) is 0.876. The van der Waals surface area contributed by atoms with Crippen LogP contribution < -0.4 is 10.2 Å². The zero-order valence-electron chi connectivity index (χ0n) is 21.3. The molecule has 2 aromatic carbocycles. The second-order valence-corrected chi connectivity index (χ2v) is 9.16. The van der Waals surface area contributed by atoms with Crippen LogP contribution in [0.3, 0.4) is 0 Å². The summed E-state index contributed by atoms with van der Waals surface area (Å²) in [4.78, 5) is 16.1. The topological polar surface area (TPSA) is 88.3 Å². The molecule has 0 spiro atoms. The van der Waals surface area contributed by atoms with E-state index in [1.807, 2.05) is 56.0 Å². The predicted octanol–water partition coefficient (Wildman–Crippen LogP) is 3.90. The van der Waals surface area contributed by atoms with Gasteiger partial charge in [-0.2, -0.15) is 0 Å². The first-order valence-corrected chi connectivity index (χ1v) is 12.5. The van der Waals surface area contributed by atoms with Gasteiger partial charge in [-0.15, -0.1) is 0 Å². The van der Waals surface area contributed by atoms with Crippen LogP contribution in [0.4, 0.5) is 5.82 Å². The summed E-state index contributed by atoms with van der Waals surface area (Å²) >= 11 is 0. The molecule has 0 saturated carbocycles. The molecule has 190 valence electrons. The van der Waals surface area contributed by atoms with Gasteiger partial charge in [0.1, 0.15) is 5.69 Å². The first-order chi connectivity index (χ1) is 17.6. The Bertz CT molecular complexity index is 1210. The number of morpholine rings is 1. The lowest BCUT2D eigenvalue weighted by Gasteiger charge is -2.36. The Hall–Kier alpha value is -3.33. The van der Waals surface area contributed by atoms with Crippen molar-refractivity contribution < 1.29 is 9.84 Å². The summed E-state index contributed by atoms with van der Waals surface area (Å²) in [5, 5.41) is 12.5. The zero-order chi connectivity index (χ0) is 25.3. The highest BCUT2D eigenvalue weighted by atomic mass is 16.5. The number of aliphatic hydroxyl groups is 1. The zero-order valence-corrected chi connectivity index (χ0v) is 21.3. The molecule has 0 radical (unpaired) electrons. The van der Waals surface area contributed by atoms with E-state index in [4.69, 9.17) is 14.7 Å². The molecule has 36 heavy (non-hydrogen) atoms. The SMILES string of the molecule is CC1CN(c2nc3cc(CO)ccc3nc2-c2ccccc2)CC(C)O1.CNCCCn1ccnc1. The monoisotopic (exact) mass is 488 g/mol. The largest absolute Gasteiger partial charge is 0.392 e. The van der Waals surface area contributed by atoms with E-state index in [-0.39, 0.29) is 18.8 Å². The standard InChI is InChI=1S/C21H23N3O2.C7H13N3/c1-14-11-24(12-15(2)26-14)21-20(17-6-4-3-5-7-17)22-18-9-8-16(13-25)10-19(18)23-21;1-8-3-2-5-10-6-4-9-7-10/h3-10,14-15,25H,11-13H2,1-2H3;4,6-8H,2-3,5H2,1H3. The molecule has 0 bridgehead atoms. The highest BCUT2D eigenvalue weighted by Gasteiger charge is 2.26. The fourth-order valence-electron chi connectivity index (χ4n) is 4.41. The third-order valence-corrected chi connectivity index (χ3v) is 6.06. The number of rotatable bonds is 7. The van der Waals surface area contributed by atoms with Crippen molar-refractivity contribution in [3.8, 4) is 11.3 Å². The molecule has 1 aliphatic heterocycles. The van der Waals surface area contributed by atoms with Crippen LogP contribution in [0.2, 0.25) is 0 Å². The Kier molecular flexibility index (Phi) is 9.00. The average molecular weight is 489 g/mol. The van der Waals surface area contributed by atoms with Crippen LogP contribution in [0.25, 0.3) is 22.3 Å². The first-order valence-electron chi connectivity index (χ1n) is 12.5. The minimum atomic E-state index is -0.000980. The maximum absolute atomic E-state index is 9.44. The number of imidazole rings is 1. The molecular weight excluding hydrogens is 452 g/mol. The van der Waals surface area contributed by atoms with Crippen molar-refractivity contribution >= 4 is 16.9 Å². The van der Waals surface area contributed by atoms with Crippen molar-refractivity contribution in [1.29, 1.82) is 0 Å². The highest BCUT2D eigenvalue weighted by molar-refractivity contribution is 5.84. The van der Waals surface area contributed by atoms with Gasteiger partial charge in [0.15, 0.2) is 5.82 Å². The van der Waals surface area contributed by atoms with Crippen LogP contribution >= 0.6 is 0 Å². The number of hydrogen-bond donors (Lipinski definition) is 2. The molecule has 8 heteroatoms. The van der Waals surface area contributed by atoms with Gasteiger partial charge in [0.25, 0.3) is 0 Å². The van der Waals surface area contributed by atoms with E-state index in [0.29, 0.717) is 0 Å². The fourth-order valence-corrected chi connectivity index (χ4v) is 4.41. The van der Waals surface area contributed by atoms with Gasteiger partial charge in [0.2, 0.25) is 0 Å². The Labute approximate surface area is 213 Å². The lowest BCUT2D eigenvalue weighted by Crippen LogP contribution is -2.46. The molecule has 5 rings (SSSR count). The van der Waals surface area contributed by atoms with E-state index >= 15 is 0 Å². The summed E-state index contributed by atoms with van der Waals surface area (Å²) in [6.07, 6.45) is 7.07. The van der Waals surface area contributed by atoms with Crippen molar-refractivity contribution in [2.75, 3.05) is 31.6 Å². The Morgan fingerprint density at radius 1 is 1.03 bits per heavy atom.